The van der Waals surface area contributed by atoms with Gasteiger partial charge >= 0.3 is 11.7 Å². The van der Waals surface area contributed by atoms with E-state index in [2.05, 4.69) is 24.4 Å². The average Bonchev–Trinajstić information content (AvgIpc) is 3.30. The summed E-state index contributed by atoms with van der Waals surface area (Å²) >= 11 is 1.66. The smallest absolute Gasteiger partial charge is 0.331 e. The summed E-state index contributed by atoms with van der Waals surface area (Å²) in [5.74, 6) is -1.06. The zero-order valence-electron chi connectivity index (χ0n) is 16.9. The van der Waals surface area contributed by atoms with Crippen LogP contribution in [0.15, 0.2) is 83.0 Å². The number of carbonyl (C=O) groups is 1. The molecule has 5 aromatic rings. The van der Waals surface area contributed by atoms with Crippen molar-refractivity contribution < 1.29 is 9.90 Å². The number of aliphatic carboxylic acids is 1. The summed E-state index contributed by atoms with van der Waals surface area (Å²) < 4.78 is 4.26. The van der Waals surface area contributed by atoms with Crippen molar-refractivity contribution in [1.82, 2.24) is 9.13 Å². The first-order valence-electron chi connectivity index (χ1n) is 9.99. The summed E-state index contributed by atoms with van der Waals surface area (Å²) in [6.45, 7) is 2.46. The van der Waals surface area contributed by atoms with Crippen LogP contribution in [0.2, 0.25) is 0 Å². The molecule has 3 aromatic carbocycles. The summed E-state index contributed by atoms with van der Waals surface area (Å²) in [5.41, 5.74) is 3.80. The van der Waals surface area contributed by atoms with Gasteiger partial charge in [0.15, 0.2) is 6.04 Å². The van der Waals surface area contributed by atoms with Crippen LogP contribution < -0.4 is 5.69 Å². The van der Waals surface area contributed by atoms with E-state index in [9.17, 15) is 14.7 Å². The van der Waals surface area contributed by atoms with E-state index in [1.54, 1.807) is 40.2 Å². The lowest BCUT2D eigenvalue weighted by Crippen LogP contribution is -2.32. The van der Waals surface area contributed by atoms with Crippen LogP contribution in [0.25, 0.3) is 21.1 Å². The van der Waals surface area contributed by atoms with Gasteiger partial charge in [-0.25, -0.2) is 9.59 Å². The van der Waals surface area contributed by atoms with Crippen molar-refractivity contribution >= 4 is 38.4 Å². The molecular weight excluding hydrogens is 408 g/mol. The molecule has 0 amide bonds. The minimum Gasteiger partial charge on any atom is -0.479 e. The first kappa shape index (κ1) is 19.3. The van der Waals surface area contributed by atoms with Crippen molar-refractivity contribution in [1.29, 1.82) is 0 Å². The second-order valence-electron chi connectivity index (χ2n) is 7.59. The van der Waals surface area contributed by atoms with E-state index in [4.69, 9.17) is 0 Å². The topological polar surface area (TPSA) is 64.2 Å². The standard InChI is InChI=1S/C25H20N2O3S/c1-16-8-7-13-21-22(16)18(15-31-21)14-26-19-11-5-6-12-20(19)27(25(26)30)23(24(28)29)17-9-3-2-4-10-17/h2-13,15,23H,14H2,1H3,(H,28,29). The molecule has 0 aliphatic rings. The molecule has 5 nitrogen and oxygen atoms in total. The number of fused-ring (bicyclic) bond motifs is 2. The first-order chi connectivity index (χ1) is 15.1. The average molecular weight is 429 g/mol. The summed E-state index contributed by atoms with van der Waals surface area (Å²) in [6.07, 6.45) is 0. The molecule has 0 bridgehead atoms. The number of rotatable bonds is 5. The molecule has 1 atom stereocenters. The van der Waals surface area contributed by atoms with Gasteiger partial charge in [0.05, 0.1) is 17.6 Å². The Morgan fingerprint density at radius 2 is 1.68 bits per heavy atom. The number of hydrogen-bond acceptors (Lipinski definition) is 3. The lowest BCUT2D eigenvalue weighted by atomic mass is 10.1. The number of carboxylic acid groups (broad SMARTS) is 1. The fourth-order valence-corrected chi connectivity index (χ4v) is 5.33. The molecule has 2 aromatic heterocycles. The third-order valence-corrected chi connectivity index (χ3v) is 6.69. The van der Waals surface area contributed by atoms with Gasteiger partial charge in [-0.3, -0.25) is 9.13 Å². The van der Waals surface area contributed by atoms with Crippen molar-refractivity contribution in [2.45, 2.75) is 19.5 Å². The van der Waals surface area contributed by atoms with E-state index in [1.807, 2.05) is 36.4 Å². The number of carboxylic acids is 1. The Bertz CT molecular complexity index is 1480. The van der Waals surface area contributed by atoms with Crippen LogP contribution in [0.5, 0.6) is 0 Å². The predicted octanol–water partition coefficient (Wildman–Crippen LogP) is 5.05. The minimum absolute atomic E-state index is 0.328. The SMILES string of the molecule is Cc1cccc2scc(Cn3c(=O)n(C(C(=O)O)c4ccccc4)c4ccccc43)c12. The van der Waals surface area contributed by atoms with Gasteiger partial charge < -0.3 is 5.11 Å². The van der Waals surface area contributed by atoms with Crippen LogP contribution in [0, 0.1) is 6.92 Å². The number of nitrogens with zero attached hydrogens (tertiary/aromatic N) is 2. The Balaban J connectivity index is 1.73. The fraction of sp³-hybridized carbons (Fsp3) is 0.120. The van der Waals surface area contributed by atoms with Crippen molar-refractivity contribution in [3.63, 3.8) is 0 Å². The van der Waals surface area contributed by atoms with Crippen LogP contribution in [0.4, 0.5) is 0 Å². The van der Waals surface area contributed by atoms with Crippen molar-refractivity contribution in [3.05, 3.63) is 105 Å². The largest absolute Gasteiger partial charge is 0.479 e. The molecule has 1 unspecified atom stereocenters. The van der Waals surface area contributed by atoms with Gasteiger partial charge in [0.1, 0.15) is 0 Å². The molecule has 0 aliphatic heterocycles. The number of aromatic nitrogens is 2. The Morgan fingerprint density at radius 3 is 2.42 bits per heavy atom. The van der Waals surface area contributed by atoms with Gasteiger partial charge in [0.25, 0.3) is 0 Å². The molecule has 0 aliphatic carbocycles. The van der Waals surface area contributed by atoms with Crippen LogP contribution in [-0.4, -0.2) is 20.2 Å². The normalized spacial score (nSPS) is 12.4. The molecule has 0 saturated heterocycles. The quantitative estimate of drug-likeness (QED) is 0.426. The summed E-state index contributed by atoms with van der Waals surface area (Å²) in [6, 6.07) is 21.4. The second-order valence-corrected chi connectivity index (χ2v) is 8.50. The highest BCUT2D eigenvalue weighted by atomic mass is 32.1. The lowest BCUT2D eigenvalue weighted by molar-refractivity contribution is -0.139. The summed E-state index contributed by atoms with van der Waals surface area (Å²) in [7, 11) is 0. The van der Waals surface area contributed by atoms with Gasteiger partial charge in [-0.1, -0.05) is 54.6 Å². The molecule has 0 radical (unpaired) electrons. The third kappa shape index (κ3) is 3.16. The maximum Gasteiger partial charge on any atom is 0.331 e. The number of para-hydroxylation sites is 2. The number of imidazole rings is 1. The molecule has 0 fully saturated rings. The second kappa shape index (κ2) is 7.56. The predicted molar refractivity (Wildman–Crippen MR) is 124 cm³/mol. The number of benzene rings is 3. The monoisotopic (exact) mass is 428 g/mol. The van der Waals surface area contributed by atoms with Crippen molar-refractivity contribution in [2.75, 3.05) is 0 Å². The van der Waals surface area contributed by atoms with Crippen molar-refractivity contribution in [2.24, 2.45) is 0 Å². The van der Waals surface area contributed by atoms with E-state index >= 15 is 0 Å². The van der Waals surface area contributed by atoms with Gasteiger partial charge in [-0.2, -0.15) is 0 Å². The maximum absolute atomic E-state index is 13.6. The number of thiophene rings is 1. The van der Waals surface area contributed by atoms with Crippen LogP contribution >= 0.6 is 11.3 Å². The molecule has 2 heterocycles. The minimum atomic E-state index is -1.10. The highest BCUT2D eigenvalue weighted by molar-refractivity contribution is 7.17. The third-order valence-electron chi connectivity index (χ3n) is 5.69. The Kier molecular flexibility index (Phi) is 4.71. The molecule has 154 valence electrons. The molecular formula is C25H20N2O3S. The Hall–Kier alpha value is -3.64. The highest BCUT2D eigenvalue weighted by Crippen LogP contribution is 2.30. The van der Waals surface area contributed by atoms with E-state index < -0.39 is 12.0 Å². The van der Waals surface area contributed by atoms with E-state index in [0.717, 1.165) is 16.5 Å². The Labute approximate surface area is 182 Å². The molecule has 31 heavy (non-hydrogen) atoms. The molecule has 1 N–H and O–H groups in total. The number of aryl methyl sites for hydroxylation is 1. The van der Waals surface area contributed by atoms with Crippen molar-refractivity contribution in [3.8, 4) is 0 Å². The molecule has 6 heteroatoms. The van der Waals surface area contributed by atoms with Gasteiger partial charge in [0.2, 0.25) is 0 Å². The van der Waals surface area contributed by atoms with Crippen LogP contribution in [0.1, 0.15) is 22.7 Å². The maximum atomic E-state index is 13.6. The van der Waals surface area contributed by atoms with E-state index in [0.29, 0.717) is 17.6 Å². The zero-order chi connectivity index (χ0) is 21.5. The summed E-state index contributed by atoms with van der Waals surface area (Å²) in [4.78, 5) is 25.9. The van der Waals surface area contributed by atoms with Gasteiger partial charge in [0, 0.05) is 10.1 Å². The molecule has 0 spiro atoms. The Morgan fingerprint density at radius 1 is 0.968 bits per heavy atom. The lowest BCUT2D eigenvalue weighted by Gasteiger charge is -2.14. The van der Waals surface area contributed by atoms with Crippen LogP contribution in [-0.2, 0) is 11.3 Å². The molecule has 0 saturated carbocycles. The van der Waals surface area contributed by atoms with E-state index in [1.165, 1.54) is 14.8 Å². The molecule has 5 rings (SSSR count). The summed E-state index contributed by atoms with van der Waals surface area (Å²) in [5, 5.41) is 13.3. The van der Waals surface area contributed by atoms with Gasteiger partial charge in [-0.05, 0) is 47.2 Å². The van der Waals surface area contributed by atoms with Crippen LogP contribution in [0.3, 0.4) is 0 Å². The number of hydrogen-bond donors (Lipinski definition) is 1. The first-order valence-corrected chi connectivity index (χ1v) is 10.9. The fourth-order valence-electron chi connectivity index (χ4n) is 4.30. The highest BCUT2D eigenvalue weighted by Gasteiger charge is 2.27. The van der Waals surface area contributed by atoms with E-state index in [-0.39, 0.29) is 5.69 Å². The zero-order valence-corrected chi connectivity index (χ0v) is 17.7. The van der Waals surface area contributed by atoms with Gasteiger partial charge in [-0.15, -0.1) is 11.3 Å².